The molecule has 0 aromatic heterocycles. The number of hydrogen-bond acceptors (Lipinski definition) is 5. The van der Waals surface area contributed by atoms with Gasteiger partial charge in [0.25, 0.3) is 0 Å². The second kappa shape index (κ2) is 7.30. The molecule has 0 N–H and O–H groups in total. The number of hydrazone groups is 1. The van der Waals surface area contributed by atoms with Gasteiger partial charge < -0.3 is 4.74 Å². The normalized spacial score (nSPS) is 19.4. The molecule has 0 bridgehead atoms. The summed E-state index contributed by atoms with van der Waals surface area (Å²) in [7, 11) is 0. The van der Waals surface area contributed by atoms with Crippen molar-refractivity contribution in [3.63, 3.8) is 0 Å². The summed E-state index contributed by atoms with van der Waals surface area (Å²) in [5, 5.41) is 6.24. The average Bonchev–Trinajstić information content (AvgIpc) is 3.04. The van der Waals surface area contributed by atoms with Gasteiger partial charge in [0.15, 0.2) is 5.71 Å². The van der Waals surface area contributed by atoms with Gasteiger partial charge in [-0.05, 0) is 31.5 Å². The molecule has 0 saturated heterocycles. The van der Waals surface area contributed by atoms with Gasteiger partial charge in [-0.15, -0.1) is 0 Å². The molecule has 2 aromatic carbocycles. The number of para-hydroxylation sites is 1. The maximum Gasteiger partial charge on any atom is 0.355 e. The fraction of sp³-hybridized carbons (Fsp3) is 0.250. The van der Waals surface area contributed by atoms with Crippen LogP contribution in [0.5, 0.6) is 0 Å². The summed E-state index contributed by atoms with van der Waals surface area (Å²) in [4.78, 5) is 24.8. The van der Waals surface area contributed by atoms with E-state index in [1.54, 1.807) is 11.9 Å². The quantitative estimate of drug-likeness (QED) is 0.786. The Morgan fingerprint density at radius 3 is 2.20 bits per heavy atom. The summed E-state index contributed by atoms with van der Waals surface area (Å²) < 4.78 is 5.13. The zero-order valence-electron chi connectivity index (χ0n) is 14.3. The lowest BCUT2D eigenvalue weighted by molar-refractivity contribution is -0.136. The number of nitrogens with zero attached hydrogens (tertiary/aromatic N) is 2. The van der Waals surface area contributed by atoms with E-state index in [1.165, 1.54) is 6.92 Å². The summed E-state index contributed by atoms with van der Waals surface area (Å²) in [5.41, 5.74) is 1.91. The molecule has 0 aliphatic carbocycles. The Bertz CT molecular complexity index is 787. The molecule has 0 amide bonds. The third kappa shape index (κ3) is 3.31. The van der Waals surface area contributed by atoms with Crippen LogP contribution in [0.1, 0.15) is 25.5 Å². The minimum absolute atomic E-state index is 0.112. The van der Waals surface area contributed by atoms with Gasteiger partial charge in [-0.25, -0.2) is 4.79 Å². The molecule has 1 aliphatic rings. The molecule has 25 heavy (non-hydrogen) atoms. The van der Waals surface area contributed by atoms with Crippen molar-refractivity contribution >= 4 is 23.2 Å². The van der Waals surface area contributed by atoms with Gasteiger partial charge in [0.05, 0.1) is 24.3 Å². The summed E-state index contributed by atoms with van der Waals surface area (Å²) in [6, 6.07) is 18.8. The maximum absolute atomic E-state index is 12.4. The van der Waals surface area contributed by atoms with E-state index in [0.717, 1.165) is 11.3 Å². The molecule has 0 fully saturated rings. The van der Waals surface area contributed by atoms with Crippen LogP contribution in [-0.4, -0.2) is 24.1 Å². The molecule has 128 valence electrons. The number of Topliss-reactive ketones (excluding diaryl/α,β-unsaturated/α-hetero) is 1. The molecule has 0 radical (unpaired) electrons. The highest BCUT2D eigenvalue weighted by atomic mass is 16.5. The predicted octanol–water partition coefficient (Wildman–Crippen LogP) is 3.37. The Balaban J connectivity index is 2.11. The zero-order valence-corrected chi connectivity index (χ0v) is 14.3. The molecule has 2 unspecified atom stereocenters. The molecule has 2 aromatic rings. The first-order valence-electron chi connectivity index (χ1n) is 8.28. The van der Waals surface area contributed by atoms with Crippen LogP contribution in [0, 0.1) is 5.92 Å². The van der Waals surface area contributed by atoms with Crippen molar-refractivity contribution in [1.82, 2.24) is 0 Å². The van der Waals surface area contributed by atoms with E-state index in [1.807, 2.05) is 60.7 Å². The Kier molecular flexibility index (Phi) is 4.93. The van der Waals surface area contributed by atoms with Crippen molar-refractivity contribution in [2.24, 2.45) is 11.0 Å². The topological polar surface area (TPSA) is 59.0 Å². The van der Waals surface area contributed by atoms with Crippen molar-refractivity contribution in [1.29, 1.82) is 0 Å². The van der Waals surface area contributed by atoms with Crippen LogP contribution in [-0.2, 0) is 14.3 Å². The molecule has 2 atom stereocenters. The summed E-state index contributed by atoms with van der Waals surface area (Å²) in [6.45, 7) is 3.47. The van der Waals surface area contributed by atoms with E-state index in [0.29, 0.717) is 0 Å². The predicted molar refractivity (Wildman–Crippen MR) is 96.3 cm³/mol. The molecule has 5 heteroatoms. The van der Waals surface area contributed by atoms with Gasteiger partial charge in [-0.3, -0.25) is 9.80 Å². The Hall–Kier alpha value is -2.95. The van der Waals surface area contributed by atoms with E-state index in [4.69, 9.17) is 4.74 Å². The van der Waals surface area contributed by atoms with Crippen molar-refractivity contribution in [3.8, 4) is 0 Å². The molecule has 5 nitrogen and oxygen atoms in total. The Morgan fingerprint density at radius 2 is 1.64 bits per heavy atom. The zero-order chi connectivity index (χ0) is 17.8. The first-order chi connectivity index (χ1) is 12.1. The summed E-state index contributed by atoms with van der Waals surface area (Å²) in [5.74, 6) is -1.32. The van der Waals surface area contributed by atoms with Gasteiger partial charge in [-0.1, -0.05) is 48.5 Å². The highest BCUT2D eigenvalue weighted by Crippen LogP contribution is 2.39. The fourth-order valence-corrected chi connectivity index (χ4v) is 3.10. The second-order valence-electron chi connectivity index (χ2n) is 5.83. The van der Waals surface area contributed by atoms with E-state index >= 15 is 0 Å². The lowest BCUT2D eigenvalue weighted by atomic mass is 9.87. The van der Waals surface area contributed by atoms with Crippen LogP contribution in [0.2, 0.25) is 0 Å². The van der Waals surface area contributed by atoms with Crippen LogP contribution in [0.15, 0.2) is 65.8 Å². The van der Waals surface area contributed by atoms with Crippen LogP contribution in [0.4, 0.5) is 5.69 Å². The summed E-state index contributed by atoms with van der Waals surface area (Å²) >= 11 is 0. The van der Waals surface area contributed by atoms with E-state index in [2.05, 4.69) is 5.10 Å². The molecule has 1 aliphatic heterocycles. The molecular formula is C20H20N2O3. The number of benzene rings is 2. The second-order valence-corrected chi connectivity index (χ2v) is 5.83. The van der Waals surface area contributed by atoms with E-state index in [9.17, 15) is 9.59 Å². The van der Waals surface area contributed by atoms with Crippen molar-refractivity contribution in [3.05, 3.63) is 66.2 Å². The van der Waals surface area contributed by atoms with Crippen molar-refractivity contribution in [2.45, 2.75) is 19.9 Å². The first kappa shape index (κ1) is 16.9. The number of carbonyl (C=O) groups excluding carboxylic acids is 2. The molecule has 0 spiro atoms. The molecular weight excluding hydrogens is 316 g/mol. The van der Waals surface area contributed by atoms with Gasteiger partial charge in [0.1, 0.15) is 5.78 Å². The highest BCUT2D eigenvalue weighted by molar-refractivity contribution is 6.42. The number of rotatable bonds is 5. The molecule has 3 rings (SSSR count). The number of anilines is 1. The number of hydrogen-bond donors (Lipinski definition) is 0. The van der Waals surface area contributed by atoms with Gasteiger partial charge >= 0.3 is 5.97 Å². The lowest BCUT2D eigenvalue weighted by Crippen LogP contribution is -2.33. The van der Waals surface area contributed by atoms with E-state index < -0.39 is 11.9 Å². The van der Waals surface area contributed by atoms with E-state index in [-0.39, 0.29) is 24.1 Å². The maximum atomic E-state index is 12.4. The van der Waals surface area contributed by atoms with Crippen LogP contribution in [0.3, 0.4) is 0 Å². The fourth-order valence-electron chi connectivity index (χ4n) is 3.10. The van der Waals surface area contributed by atoms with Gasteiger partial charge in [0, 0.05) is 0 Å². The van der Waals surface area contributed by atoms with Crippen LogP contribution < -0.4 is 5.01 Å². The number of esters is 1. The minimum Gasteiger partial charge on any atom is -0.461 e. The Morgan fingerprint density at radius 1 is 1.04 bits per heavy atom. The third-order valence-electron chi connectivity index (χ3n) is 4.17. The lowest BCUT2D eigenvalue weighted by Gasteiger charge is -2.27. The van der Waals surface area contributed by atoms with Crippen molar-refractivity contribution < 1.29 is 14.3 Å². The van der Waals surface area contributed by atoms with Crippen molar-refractivity contribution in [2.75, 3.05) is 11.6 Å². The number of carbonyl (C=O) groups is 2. The minimum atomic E-state index is -0.665. The van der Waals surface area contributed by atoms with Gasteiger partial charge in [0.2, 0.25) is 0 Å². The smallest absolute Gasteiger partial charge is 0.355 e. The van der Waals surface area contributed by atoms with Gasteiger partial charge in [-0.2, -0.15) is 5.10 Å². The molecule has 1 heterocycles. The Labute approximate surface area is 146 Å². The standard InChI is InChI=1S/C20H20N2O3/c1-3-25-20(24)18-17(14(2)23)19(15-10-6-4-7-11-15)22(21-18)16-12-8-5-9-13-16/h4-13,17,19H,3H2,1-2H3. The summed E-state index contributed by atoms with van der Waals surface area (Å²) in [6.07, 6.45) is 0. The van der Waals surface area contributed by atoms with Crippen LogP contribution >= 0.6 is 0 Å². The SMILES string of the molecule is CCOC(=O)C1=NN(c2ccccc2)C(c2ccccc2)C1C(C)=O. The number of ketones is 1. The first-order valence-corrected chi connectivity index (χ1v) is 8.28. The monoisotopic (exact) mass is 336 g/mol. The molecule has 0 saturated carbocycles. The third-order valence-corrected chi connectivity index (χ3v) is 4.17. The average molecular weight is 336 g/mol. The number of ether oxygens (including phenoxy) is 1. The van der Waals surface area contributed by atoms with Crippen LogP contribution in [0.25, 0.3) is 0 Å². The largest absolute Gasteiger partial charge is 0.461 e. The highest BCUT2D eigenvalue weighted by Gasteiger charge is 2.45.